The molecule has 0 saturated carbocycles. The molecule has 1 atom stereocenters. The number of carbonyl (C=O) groups excluding carboxylic acids is 2. The first kappa shape index (κ1) is 14.9. The maximum absolute atomic E-state index is 12.2. The zero-order valence-corrected chi connectivity index (χ0v) is 11.8. The van der Waals surface area contributed by atoms with Gasteiger partial charge in [-0.2, -0.15) is 0 Å². The second-order valence-electron chi connectivity index (χ2n) is 5.11. The number of H-pyrrole nitrogens is 1. The lowest BCUT2D eigenvalue weighted by Gasteiger charge is -2.17. The fourth-order valence-corrected chi connectivity index (χ4v) is 2.48. The molecule has 3 rings (SSSR count). The SMILES string of the molecule is O=C1c2ccccc2C(=O)N1CC(O)Cc1cnc([N+](=O)[O-])[nH]1. The van der Waals surface area contributed by atoms with Gasteiger partial charge in [0.15, 0.2) is 0 Å². The number of aliphatic hydroxyl groups excluding tert-OH is 1. The highest BCUT2D eigenvalue weighted by Gasteiger charge is 2.36. The van der Waals surface area contributed by atoms with Gasteiger partial charge in [0.05, 0.1) is 23.8 Å². The minimum absolute atomic E-state index is 0.00818. The Bertz CT molecular complexity index is 765. The number of aromatic amines is 1. The first-order valence-electron chi connectivity index (χ1n) is 6.79. The van der Waals surface area contributed by atoms with Gasteiger partial charge in [0.1, 0.15) is 11.9 Å². The van der Waals surface area contributed by atoms with Gasteiger partial charge in [0.25, 0.3) is 11.8 Å². The van der Waals surface area contributed by atoms with Crippen LogP contribution in [0.25, 0.3) is 0 Å². The summed E-state index contributed by atoms with van der Waals surface area (Å²) >= 11 is 0. The van der Waals surface area contributed by atoms with E-state index in [1.807, 2.05) is 0 Å². The fourth-order valence-electron chi connectivity index (χ4n) is 2.48. The number of nitro groups is 1. The molecular weight excluding hydrogens is 304 g/mol. The van der Waals surface area contributed by atoms with Gasteiger partial charge in [-0.25, -0.2) is 4.98 Å². The van der Waals surface area contributed by atoms with Gasteiger partial charge in [0.2, 0.25) is 0 Å². The van der Waals surface area contributed by atoms with Crippen LogP contribution in [0.3, 0.4) is 0 Å². The number of fused-ring (bicyclic) bond motifs is 1. The minimum atomic E-state index is -1.06. The van der Waals surface area contributed by atoms with Gasteiger partial charge in [-0.15, -0.1) is 0 Å². The number of aromatic nitrogens is 2. The van der Waals surface area contributed by atoms with E-state index in [-0.39, 0.29) is 13.0 Å². The highest BCUT2D eigenvalue weighted by atomic mass is 16.6. The van der Waals surface area contributed by atoms with Gasteiger partial charge >= 0.3 is 5.95 Å². The van der Waals surface area contributed by atoms with E-state index in [2.05, 4.69) is 9.97 Å². The highest BCUT2D eigenvalue weighted by Crippen LogP contribution is 2.22. The molecule has 0 saturated heterocycles. The van der Waals surface area contributed by atoms with Gasteiger partial charge < -0.3 is 15.2 Å². The van der Waals surface area contributed by atoms with Gasteiger partial charge in [-0.3, -0.25) is 14.5 Å². The van der Waals surface area contributed by atoms with Crippen molar-refractivity contribution >= 4 is 17.8 Å². The lowest BCUT2D eigenvalue weighted by molar-refractivity contribution is -0.393. The van der Waals surface area contributed by atoms with Crippen molar-refractivity contribution < 1.29 is 19.6 Å². The lowest BCUT2D eigenvalue weighted by Crippen LogP contribution is -2.37. The molecule has 23 heavy (non-hydrogen) atoms. The van der Waals surface area contributed by atoms with Crippen molar-refractivity contribution in [3.05, 3.63) is 57.4 Å². The van der Waals surface area contributed by atoms with Crippen molar-refractivity contribution in [2.24, 2.45) is 0 Å². The standard InChI is InChI=1S/C14H12N4O5/c19-9(5-8-6-15-14(16-8)18(22)23)7-17-12(20)10-3-1-2-4-11(10)13(17)21/h1-4,6,9,19H,5,7H2,(H,15,16). The van der Waals surface area contributed by atoms with Crippen molar-refractivity contribution in [1.29, 1.82) is 0 Å². The number of carbonyl (C=O) groups is 2. The summed E-state index contributed by atoms with van der Waals surface area (Å²) in [5.74, 6) is -1.34. The molecule has 1 aliphatic rings. The monoisotopic (exact) mass is 316 g/mol. The summed E-state index contributed by atoms with van der Waals surface area (Å²) in [5, 5.41) is 20.6. The van der Waals surface area contributed by atoms with Gasteiger partial charge in [-0.05, 0) is 17.1 Å². The molecule has 2 aromatic rings. The zero-order chi connectivity index (χ0) is 16.6. The van der Waals surface area contributed by atoms with Crippen LogP contribution in [-0.2, 0) is 6.42 Å². The second kappa shape index (κ2) is 5.61. The molecule has 2 heterocycles. The molecule has 1 unspecified atom stereocenters. The largest absolute Gasteiger partial charge is 0.432 e. The maximum Gasteiger partial charge on any atom is 0.432 e. The van der Waals surface area contributed by atoms with Crippen LogP contribution in [0.4, 0.5) is 5.95 Å². The lowest BCUT2D eigenvalue weighted by atomic mass is 10.1. The van der Waals surface area contributed by atoms with Crippen LogP contribution < -0.4 is 0 Å². The van der Waals surface area contributed by atoms with Crippen molar-refractivity contribution in [2.75, 3.05) is 6.54 Å². The molecular formula is C14H12N4O5. The average Bonchev–Trinajstić information content (AvgIpc) is 3.07. The van der Waals surface area contributed by atoms with Crippen molar-refractivity contribution in [3.8, 4) is 0 Å². The van der Waals surface area contributed by atoms with E-state index in [1.165, 1.54) is 6.20 Å². The number of benzene rings is 1. The summed E-state index contributed by atoms with van der Waals surface area (Å²) in [5.41, 5.74) is 0.963. The predicted molar refractivity (Wildman–Crippen MR) is 76.8 cm³/mol. The first-order valence-corrected chi connectivity index (χ1v) is 6.79. The van der Waals surface area contributed by atoms with Crippen molar-refractivity contribution in [3.63, 3.8) is 0 Å². The Morgan fingerprint density at radius 3 is 2.39 bits per heavy atom. The number of hydrogen-bond acceptors (Lipinski definition) is 6. The molecule has 2 N–H and O–H groups in total. The molecule has 0 spiro atoms. The topological polar surface area (TPSA) is 129 Å². The zero-order valence-electron chi connectivity index (χ0n) is 11.8. The Hall–Kier alpha value is -3.07. The predicted octanol–water partition coefficient (Wildman–Crippen LogP) is 0.517. The summed E-state index contributed by atoms with van der Waals surface area (Å²) in [6, 6.07) is 6.43. The quantitative estimate of drug-likeness (QED) is 0.470. The molecule has 0 fully saturated rings. The molecule has 0 aliphatic carbocycles. The van der Waals surface area contributed by atoms with Crippen LogP contribution in [0.5, 0.6) is 0 Å². The second-order valence-corrected chi connectivity index (χ2v) is 5.11. The number of imide groups is 1. The number of imidazole rings is 1. The average molecular weight is 316 g/mol. The van der Waals surface area contributed by atoms with E-state index in [1.54, 1.807) is 24.3 Å². The van der Waals surface area contributed by atoms with E-state index in [9.17, 15) is 24.8 Å². The number of hydrogen-bond donors (Lipinski definition) is 2. The number of nitrogens with one attached hydrogen (secondary N) is 1. The van der Waals surface area contributed by atoms with Crippen LogP contribution in [0, 0.1) is 10.1 Å². The van der Waals surface area contributed by atoms with E-state index in [4.69, 9.17) is 0 Å². The Morgan fingerprint density at radius 1 is 1.26 bits per heavy atom. The van der Waals surface area contributed by atoms with Gasteiger partial charge in [0, 0.05) is 6.42 Å². The number of amides is 2. The van der Waals surface area contributed by atoms with E-state index >= 15 is 0 Å². The molecule has 0 radical (unpaired) electrons. The van der Waals surface area contributed by atoms with E-state index in [0.717, 1.165) is 4.90 Å². The number of nitrogens with zero attached hydrogens (tertiary/aromatic N) is 3. The maximum atomic E-state index is 12.2. The third kappa shape index (κ3) is 2.69. The summed E-state index contributed by atoms with van der Waals surface area (Å²) in [4.78, 5) is 41.2. The molecule has 1 aromatic carbocycles. The number of rotatable bonds is 5. The van der Waals surface area contributed by atoms with E-state index < -0.39 is 28.8 Å². The summed E-state index contributed by atoms with van der Waals surface area (Å²) in [7, 11) is 0. The van der Waals surface area contributed by atoms with Crippen LogP contribution in [0.2, 0.25) is 0 Å². The van der Waals surface area contributed by atoms with Crippen LogP contribution >= 0.6 is 0 Å². The number of β-amino-alcohol motifs (C(OH)–C–C–N with tert-alkyl or cyclic N) is 1. The normalized spacial score (nSPS) is 14.9. The Balaban J connectivity index is 1.69. The molecule has 1 aromatic heterocycles. The highest BCUT2D eigenvalue weighted by molar-refractivity contribution is 6.21. The summed E-state index contributed by atoms with van der Waals surface area (Å²) < 4.78 is 0. The van der Waals surface area contributed by atoms with Crippen molar-refractivity contribution in [1.82, 2.24) is 14.9 Å². The molecule has 0 bridgehead atoms. The first-order chi connectivity index (χ1) is 11.0. The van der Waals surface area contributed by atoms with Gasteiger partial charge in [-0.1, -0.05) is 17.1 Å². The van der Waals surface area contributed by atoms with Crippen molar-refractivity contribution in [2.45, 2.75) is 12.5 Å². The number of aliphatic hydroxyl groups is 1. The fraction of sp³-hybridized carbons (Fsp3) is 0.214. The Morgan fingerprint density at radius 2 is 1.87 bits per heavy atom. The Kier molecular flexibility index (Phi) is 3.62. The van der Waals surface area contributed by atoms with E-state index in [0.29, 0.717) is 16.8 Å². The third-order valence-electron chi connectivity index (χ3n) is 3.52. The van der Waals surface area contributed by atoms with Crippen LogP contribution in [0.1, 0.15) is 26.4 Å². The molecule has 2 amide bonds. The smallest absolute Gasteiger partial charge is 0.391 e. The molecule has 9 nitrogen and oxygen atoms in total. The van der Waals surface area contributed by atoms with Crippen LogP contribution in [0.15, 0.2) is 30.5 Å². The Labute approximate surface area is 129 Å². The molecule has 9 heteroatoms. The minimum Gasteiger partial charge on any atom is -0.391 e. The van der Waals surface area contributed by atoms with Crippen LogP contribution in [-0.4, -0.2) is 49.4 Å². The third-order valence-corrected chi connectivity index (χ3v) is 3.52. The molecule has 118 valence electrons. The summed E-state index contributed by atoms with van der Waals surface area (Å²) in [6.07, 6.45) is 0.190. The molecule has 1 aliphatic heterocycles. The summed E-state index contributed by atoms with van der Waals surface area (Å²) in [6.45, 7) is -0.195.